The van der Waals surface area contributed by atoms with Gasteiger partial charge in [0.2, 0.25) is 0 Å². The van der Waals surface area contributed by atoms with Gasteiger partial charge in [0.1, 0.15) is 10.3 Å². The lowest BCUT2D eigenvalue weighted by atomic mass is 10.2. The minimum absolute atomic E-state index is 0.427. The van der Waals surface area contributed by atoms with E-state index in [-0.39, 0.29) is 0 Å². The highest BCUT2D eigenvalue weighted by atomic mass is 35.5. The van der Waals surface area contributed by atoms with Crippen LogP contribution in [-0.2, 0) is 0 Å². The van der Waals surface area contributed by atoms with Crippen LogP contribution in [0.3, 0.4) is 0 Å². The maximum atomic E-state index is 5.78. The van der Waals surface area contributed by atoms with E-state index in [0.717, 1.165) is 10.4 Å². The van der Waals surface area contributed by atoms with Crippen molar-refractivity contribution in [2.75, 3.05) is 0 Å². The SMILES string of the molecule is Clc1cc(-c2cccs2)cc(Cl)n1. The fraction of sp³-hybridized carbons (Fsp3) is 0. The maximum absolute atomic E-state index is 5.78. The molecule has 0 fully saturated rings. The summed E-state index contributed by atoms with van der Waals surface area (Å²) in [5.74, 6) is 0. The summed E-state index contributed by atoms with van der Waals surface area (Å²) >= 11 is 13.2. The number of halogens is 2. The zero-order valence-electron chi connectivity index (χ0n) is 6.50. The van der Waals surface area contributed by atoms with Crippen LogP contribution in [0.5, 0.6) is 0 Å². The van der Waals surface area contributed by atoms with Crippen molar-refractivity contribution in [2.45, 2.75) is 0 Å². The Labute approximate surface area is 90.0 Å². The molecule has 0 aliphatic carbocycles. The molecule has 66 valence electrons. The zero-order valence-corrected chi connectivity index (χ0v) is 8.83. The summed E-state index contributed by atoms with van der Waals surface area (Å²) in [6, 6.07) is 7.62. The van der Waals surface area contributed by atoms with Gasteiger partial charge in [-0.1, -0.05) is 29.3 Å². The molecule has 0 aliphatic heterocycles. The van der Waals surface area contributed by atoms with Gasteiger partial charge in [0.25, 0.3) is 0 Å². The number of nitrogens with zero attached hydrogens (tertiary/aromatic N) is 1. The predicted octanol–water partition coefficient (Wildman–Crippen LogP) is 4.12. The van der Waals surface area contributed by atoms with E-state index in [0.29, 0.717) is 10.3 Å². The molecule has 0 saturated heterocycles. The van der Waals surface area contributed by atoms with Gasteiger partial charge in [-0.2, -0.15) is 0 Å². The number of aromatic nitrogens is 1. The first-order valence-electron chi connectivity index (χ1n) is 3.63. The first-order chi connectivity index (χ1) is 6.25. The second-order valence-corrected chi connectivity index (χ2v) is 4.20. The minimum Gasteiger partial charge on any atom is -0.224 e. The normalized spacial score (nSPS) is 10.3. The van der Waals surface area contributed by atoms with Crippen molar-refractivity contribution in [3.63, 3.8) is 0 Å². The molecule has 0 spiro atoms. The van der Waals surface area contributed by atoms with Gasteiger partial charge in [0.05, 0.1) is 0 Å². The van der Waals surface area contributed by atoms with Crippen LogP contribution in [0.25, 0.3) is 10.4 Å². The summed E-state index contributed by atoms with van der Waals surface area (Å²) in [5.41, 5.74) is 1.01. The highest BCUT2D eigenvalue weighted by Gasteiger charge is 2.02. The van der Waals surface area contributed by atoms with Crippen LogP contribution in [0.4, 0.5) is 0 Å². The van der Waals surface area contributed by atoms with Crippen LogP contribution < -0.4 is 0 Å². The second kappa shape index (κ2) is 3.66. The van der Waals surface area contributed by atoms with Gasteiger partial charge in [0.15, 0.2) is 0 Å². The highest BCUT2D eigenvalue weighted by molar-refractivity contribution is 7.13. The number of rotatable bonds is 1. The Balaban J connectivity index is 2.53. The predicted molar refractivity (Wildman–Crippen MR) is 57.6 cm³/mol. The molecule has 13 heavy (non-hydrogen) atoms. The first kappa shape index (κ1) is 9.00. The molecular formula is C9H5Cl2NS. The van der Waals surface area contributed by atoms with E-state index >= 15 is 0 Å². The maximum Gasteiger partial charge on any atom is 0.131 e. The van der Waals surface area contributed by atoms with Crippen LogP contribution >= 0.6 is 34.5 Å². The van der Waals surface area contributed by atoms with E-state index in [4.69, 9.17) is 23.2 Å². The summed E-state index contributed by atoms with van der Waals surface area (Å²) in [4.78, 5) is 5.02. The lowest BCUT2D eigenvalue weighted by Crippen LogP contribution is -1.78. The third kappa shape index (κ3) is 2.02. The Morgan fingerprint density at radius 1 is 1.15 bits per heavy atom. The van der Waals surface area contributed by atoms with Gasteiger partial charge in [-0.15, -0.1) is 11.3 Å². The Morgan fingerprint density at radius 2 is 1.85 bits per heavy atom. The average molecular weight is 230 g/mol. The Bertz CT molecular complexity index is 391. The number of pyridine rings is 1. The highest BCUT2D eigenvalue weighted by Crippen LogP contribution is 2.28. The van der Waals surface area contributed by atoms with Crippen molar-refractivity contribution < 1.29 is 0 Å². The Morgan fingerprint density at radius 3 is 2.38 bits per heavy atom. The van der Waals surface area contributed by atoms with Crippen LogP contribution in [0.1, 0.15) is 0 Å². The molecule has 2 aromatic rings. The molecule has 2 aromatic heterocycles. The van der Waals surface area contributed by atoms with E-state index in [1.165, 1.54) is 0 Å². The fourth-order valence-electron chi connectivity index (χ4n) is 1.05. The van der Waals surface area contributed by atoms with Gasteiger partial charge >= 0.3 is 0 Å². The smallest absolute Gasteiger partial charge is 0.131 e. The monoisotopic (exact) mass is 229 g/mol. The van der Waals surface area contributed by atoms with E-state index < -0.39 is 0 Å². The van der Waals surface area contributed by atoms with Crippen LogP contribution in [-0.4, -0.2) is 4.98 Å². The standard InChI is InChI=1S/C9H5Cl2NS/c10-8-4-6(5-9(11)12-8)7-2-1-3-13-7/h1-5H. The molecule has 0 saturated carbocycles. The molecule has 2 heterocycles. The van der Waals surface area contributed by atoms with Crippen molar-refractivity contribution in [3.05, 3.63) is 40.0 Å². The topological polar surface area (TPSA) is 12.9 Å². The van der Waals surface area contributed by atoms with Gasteiger partial charge < -0.3 is 0 Å². The quantitative estimate of drug-likeness (QED) is 0.671. The molecule has 2 rings (SSSR count). The zero-order chi connectivity index (χ0) is 9.26. The van der Waals surface area contributed by atoms with Gasteiger partial charge in [0, 0.05) is 4.88 Å². The molecule has 0 N–H and O–H groups in total. The molecule has 0 aromatic carbocycles. The van der Waals surface area contributed by atoms with E-state index in [2.05, 4.69) is 4.98 Å². The summed E-state index contributed by atoms with van der Waals surface area (Å²) in [6.45, 7) is 0. The fourth-order valence-corrected chi connectivity index (χ4v) is 2.23. The van der Waals surface area contributed by atoms with E-state index in [9.17, 15) is 0 Å². The van der Waals surface area contributed by atoms with E-state index in [1.54, 1.807) is 23.5 Å². The molecule has 1 nitrogen and oxygen atoms in total. The molecule has 0 unspecified atom stereocenters. The number of hydrogen-bond donors (Lipinski definition) is 0. The van der Waals surface area contributed by atoms with Crippen molar-refractivity contribution >= 4 is 34.5 Å². The average Bonchev–Trinajstić information content (AvgIpc) is 2.53. The largest absolute Gasteiger partial charge is 0.224 e. The summed E-state index contributed by atoms with van der Waals surface area (Å²) in [7, 11) is 0. The van der Waals surface area contributed by atoms with Gasteiger partial charge in [-0.3, -0.25) is 0 Å². The van der Waals surface area contributed by atoms with Crippen LogP contribution in [0.15, 0.2) is 29.6 Å². The van der Waals surface area contributed by atoms with Crippen LogP contribution in [0.2, 0.25) is 10.3 Å². The second-order valence-electron chi connectivity index (χ2n) is 2.48. The van der Waals surface area contributed by atoms with Gasteiger partial charge in [-0.05, 0) is 29.1 Å². The Hall–Kier alpha value is -0.570. The minimum atomic E-state index is 0.427. The summed E-state index contributed by atoms with van der Waals surface area (Å²) in [6.07, 6.45) is 0. The third-order valence-electron chi connectivity index (χ3n) is 1.57. The summed E-state index contributed by atoms with van der Waals surface area (Å²) in [5, 5.41) is 2.86. The molecular weight excluding hydrogens is 225 g/mol. The first-order valence-corrected chi connectivity index (χ1v) is 5.26. The lowest BCUT2D eigenvalue weighted by Gasteiger charge is -1.98. The van der Waals surface area contributed by atoms with Crippen molar-refractivity contribution in [1.82, 2.24) is 4.98 Å². The molecule has 0 aliphatic rings. The lowest BCUT2D eigenvalue weighted by molar-refractivity contribution is 1.33. The molecule has 4 heteroatoms. The van der Waals surface area contributed by atoms with Crippen molar-refractivity contribution in [1.29, 1.82) is 0 Å². The molecule has 0 amide bonds. The molecule has 0 atom stereocenters. The number of thiophene rings is 1. The summed E-state index contributed by atoms with van der Waals surface area (Å²) < 4.78 is 0. The molecule has 0 radical (unpaired) electrons. The number of hydrogen-bond acceptors (Lipinski definition) is 2. The Kier molecular flexibility index (Phi) is 2.54. The molecule has 0 bridgehead atoms. The third-order valence-corrected chi connectivity index (χ3v) is 2.87. The van der Waals surface area contributed by atoms with Crippen molar-refractivity contribution in [3.8, 4) is 10.4 Å². The van der Waals surface area contributed by atoms with Crippen molar-refractivity contribution in [2.24, 2.45) is 0 Å². The van der Waals surface area contributed by atoms with E-state index in [1.807, 2.05) is 17.5 Å². The van der Waals surface area contributed by atoms with Crippen LogP contribution in [0, 0.1) is 0 Å². The van der Waals surface area contributed by atoms with Gasteiger partial charge in [-0.25, -0.2) is 4.98 Å².